The summed E-state index contributed by atoms with van der Waals surface area (Å²) in [5, 5.41) is 0. The van der Waals surface area contributed by atoms with Gasteiger partial charge in [-0.2, -0.15) is 0 Å². The van der Waals surface area contributed by atoms with Crippen LogP contribution in [0.3, 0.4) is 0 Å². The Kier molecular flexibility index (Phi) is 3.93. The maximum Gasteiger partial charge on any atom is 0.288 e. The lowest BCUT2D eigenvalue weighted by Gasteiger charge is -2.45. The number of hydrogen-bond acceptors (Lipinski definition) is 4. The fraction of sp³-hybridized carbons (Fsp3) is 0.409. The van der Waals surface area contributed by atoms with E-state index in [9.17, 15) is 4.39 Å². The molecular formula is C22H24FN3O. The summed E-state index contributed by atoms with van der Waals surface area (Å²) in [4.78, 5) is 7.03. The highest BCUT2D eigenvalue weighted by molar-refractivity contribution is 5.78. The van der Waals surface area contributed by atoms with E-state index >= 15 is 0 Å². The van der Waals surface area contributed by atoms with Gasteiger partial charge in [-0.3, -0.25) is 0 Å². The first-order valence-corrected chi connectivity index (χ1v) is 9.71. The number of benzene rings is 2. The standard InChI is InChI=1S/C22H24FN3O/c23-18-7-5-17(6-8-18)20-19-4-2-1-3-16(19)9-10-26(20)21-25-14-22(27-21)11-15(12-22)13-24/h1-8,15,20H,9-14,24H2/t15-,20-,22+/m0/s1. The normalized spacial score (nSPS) is 29.1. The summed E-state index contributed by atoms with van der Waals surface area (Å²) in [6, 6.07) is 16.0. The highest BCUT2D eigenvalue weighted by atomic mass is 19.1. The second-order valence-electron chi connectivity index (χ2n) is 7.99. The van der Waals surface area contributed by atoms with Crippen LogP contribution in [0.2, 0.25) is 0 Å². The zero-order valence-electron chi connectivity index (χ0n) is 15.3. The quantitative estimate of drug-likeness (QED) is 0.889. The minimum atomic E-state index is -0.218. The van der Waals surface area contributed by atoms with Crippen molar-refractivity contribution in [2.24, 2.45) is 16.6 Å². The van der Waals surface area contributed by atoms with Gasteiger partial charge in [0.1, 0.15) is 11.4 Å². The average Bonchev–Trinajstić information content (AvgIpc) is 3.12. The van der Waals surface area contributed by atoms with Crippen molar-refractivity contribution in [2.45, 2.75) is 30.9 Å². The van der Waals surface area contributed by atoms with Gasteiger partial charge < -0.3 is 15.4 Å². The SMILES string of the molecule is NC[C@H]1C[C@]2(CN=C(N3CCc4ccccc4[C@@H]3c3ccc(F)cc3)O2)C1. The van der Waals surface area contributed by atoms with Crippen LogP contribution in [-0.4, -0.2) is 36.2 Å². The number of amidine groups is 1. The number of aliphatic imine (C=N–C) groups is 1. The third-order valence-corrected chi connectivity index (χ3v) is 6.18. The number of nitrogens with zero attached hydrogens (tertiary/aromatic N) is 2. The first-order valence-electron chi connectivity index (χ1n) is 9.71. The molecule has 1 fully saturated rings. The first kappa shape index (κ1) is 16.8. The lowest BCUT2D eigenvalue weighted by molar-refractivity contribution is -0.0438. The predicted octanol–water partition coefficient (Wildman–Crippen LogP) is 3.27. The van der Waals surface area contributed by atoms with E-state index in [-0.39, 0.29) is 17.5 Å². The summed E-state index contributed by atoms with van der Waals surface area (Å²) in [6.45, 7) is 2.27. The molecule has 2 aliphatic heterocycles. The van der Waals surface area contributed by atoms with Crippen LogP contribution in [0.5, 0.6) is 0 Å². The highest BCUT2D eigenvalue weighted by Gasteiger charge is 2.50. The Bertz CT molecular complexity index is 873. The summed E-state index contributed by atoms with van der Waals surface area (Å²) >= 11 is 0. The Morgan fingerprint density at radius 3 is 2.70 bits per heavy atom. The number of fused-ring (bicyclic) bond motifs is 1. The number of ether oxygens (including phenoxy) is 1. The molecule has 2 heterocycles. The van der Waals surface area contributed by atoms with E-state index < -0.39 is 0 Å². The molecule has 0 radical (unpaired) electrons. The van der Waals surface area contributed by atoms with Gasteiger partial charge in [0.05, 0.1) is 12.6 Å². The molecule has 27 heavy (non-hydrogen) atoms. The van der Waals surface area contributed by atoms with Crippen LogP contribution in [0.1, 0.15) is 35.6 Å². The molecule has 2 N–H and O–H groups in total. The van der Waals surface area contributed by atoms with Crippen molar-refractivity contribution in [3.8, 4) is 0 Å². The molecule has 5 rings (SSSR count). The summed E-state index contributed by atoms with van der Waals surface area (Å²) in [5.74, 6) is 0.333. The third kappa shape index (κ3) is 2.81. The van der Waals surface area contributed by atoms with E-state index in [0.29, 0.717) is 12.5 Å². The van der Waals surface area contributed by atoms with Crippen molar-refractivity contribution in [1.82, 2.24) is 4.90 Å². The van der Waals surface area contributed by atoms with E-state index in [0.717, 1.165) is 43.9 Å². The summed E-state index contributed by atoms with van der Waals surface area (Å²) in [5.41, 5.74) is 9.28. The van der Waals surface area contributed by atoms with E-state index in [1.165, 1.54) is 23.3 Å². The van der Waals surface area contributed by atoms with Crippen LogP contribution in [0.25, 0.3) is 0 Å². The summed E-state index contributed by atoms with van der Waals surface area (Å²) < 4.78 is 19.9. The van der Waals surface area contributed by atoms with Crippen LogP contribution < -0.4 is 5.73 Å². The first-order chi connectivity index (χ1) is 13.2. The Labute approximate surface area is 158 Å². The van der Waals surface area contributed by atoms with Crippen LogP contribution in [0, 0.1) is 11.7 Å². The zero-order valence-corrected chi connectivity index (χ0v) is 15.3. The Hall–Kier alpha value is -2.40. The fourth-order valence-corrected chi connectivity index (χ4v) is 4.77. The molecule has 4 nitrogen and oxygen atoms in total. The van der Waals surface area contributed by atoms with Crippen molar-refractivity contribution in [1.29, 1.82) is 0 Å². The number of halogens is 1. The van der Waals surface area contributed by atoms with E-state index in [2.05, 4.69) is 29.2 Å². The van der Waals surface area contributed by atoms with Crippen LogP contribution >= 0.6 is 0 Å². The second-order valence-corrected chi connectivity index (χ2v) is 7.99. The molecule has 0 unspecified atom stereocenters. The van der Waals surface area contributed by atoms with E-state index in [1.54, 1.807) is 0 Å². The molecule has 1 saturated carbocycles. The van der Waals surface area contributed by atoms with Gasteiger partial charge in [-0.05, 0) is 60.5 Å². The molecular weight excluding hydrogens is 341 g/mol. The maximum atomic E-state index is 13.5. The van der Waals surface area contributed by atoms with Crippen molar-refractivity contribution in [3.63, 3.8) is 0 Å². The number of rotatable bonds is 2. The molecule has 140 valence electrons. The van der Waals surface area contributed by atoms with E-state index in [1.807, 2.05) is 12.1 Å². The fourth-order valence-electron chi connectivity index (χ4n) is 4.77. The van der Waals surface area contributed by atoms with Crippen molar-refractivity contribution in [3.05, 3.63) is 71.0 Å². The minimum absolute atomic E-state index is 0.00479. The highest BCUT2D eigenvalue weighted by Crippen LogP contribution is 2.45. The number of nitrogens with two attached hydrogens (primary N) is 1. The number of hydrogen-bond donors (Lipinski definition) is 1. The average molecular weight is 365 g/mol. The zero-order chi connectivity index (χ0) is 18.4. The van der Waals surface area contributed by atoms with Crippen LogP contribution in [0.15, 0.2) is 53.5 Å². The Balaban J connectivity index is 1.47. The van der Waals surface area contributed by atoms with Crippen LogP contribution in [0.4, 0.5) is 4.39 Å². The molecule has 0 aromatic heterocycles. The van der Waals surface area contributed by atoms with E-state index in [4.69, 9.17) is 15.5 Å². The molecule has 2 aromatic rings. The smallest absolute Gasteiger partial charge is 0.288 e. The summed E-state index contributed by atoms with van der Waals surface area (Å²) in [6.07, 6.45) is 2.93. The van der Waals surface area contributed by atoms with Gasteiger partial charge in [0.2, 0.25) is 0 Å². The molecule has 0 amide bonds. The maximum absolute atomic E-state index is 13.5. The molecule has 2 aromatic carbocycles. The monoisotopic (exact) mass is 365 g/mol. The lowest BCUT2D eigenvalue weighted by Crippen LogP contribution is -2.51. The molecule has 0 saturated heterocycles. The van der Waals surface area contributed by atoms with Gasteiger partial charge in [-0.15, -0.1) is 0 Å². The molecule has 5 heteroatoms. The Morgan fingerprint density at radius 2 is 1.93 bits per heavy atom. The minimum Gasteiger partial charge on any atom is -0.457 e. The van der Waals surface area contributed by atoms with Gasteiger partial charge in [-0.1, -0.05) is 36.4 Å². The topological polar surface area (TPSA) is 50.8 Å². The molecule has 1 atom stereocenters. The van der Waals surface area contributed by atoms with Gasteiger partial charge in [0.15, 0.2) is 0 Å². The predicted molar refractivity (Wildman–Crippen MR) is 103 cm³/mol. The lowest BCUT2D eigenvalue weighted by atomic mass is 9.71. The van der Waals surface area contributed by atoms with Gasteiger partial charge >= 0.3 is 0 Å². The molecule has 0 bridgehead atoms. The Morgan fingerprint density at radius 1 is 1.15 bits per heavy atom. The van der Waals surface area contributed by atoms with Gasteiger partial charge in [0.25, 0.3) is 6.02 Å². The largest absolute Gasteiger partial charge is 0.457 e. The third-order valence-electron chi connectivity index (χ3n) is 6.18. The molecule has 1 aliphatic carbocycles. The second kappa shape index (κ2) is 6.34. The van der Waals surface area contributed by atoms with Crippen molar-refractivity contribution in [2.75, 3.05) is 19.6 Å². The van der Waals surface area contributed by atoms with Crippen molar-refractivity contribution >= 4 is 6.02 Å². The van der Waals surface area contributed by atoms with Crippen LogP contribution in [-0.2, 0) is 11.2 Å². The molecule has 1 spiro atoms. The van der Waals surface area contributed by atoms with Gasteiger partial charge in [-0.25, -0.2) is 9.38 Å². The summed E-state index contributed by atoms with van der Waals surface area (Å²) in [7, 11) is 0. The van der Waals surface area contributed by atoms with Crippen molar-refractivity contribution < 1.29 is 9.13 Å². The van der Waals surface area contributed by atoms with Gasteiger partial charge in [0, 0.05) is 6.54 Å². The molecule has 3 aliphatic rings.